The summed E-state index contributed by atoms with van der Waals surface area (Å²) in [6.07, 6.45) is 2.91. The van der Waals surface area contributed by atoms with Gasteiger partial charge in [0.1, 0.15) is 5.82 Å². The molecule has 0 aliphatic heterocycles. The second-order valence-electron chi connectivity index (χ2n) is 4.03. The summed E-state index contributed by atoms with van der Waals surface area (Å²) in [4.78, 5) is 6.41. The Morgan fingerprint density at radius 1 is 1.47 bits per heavy atom. The zero-order chi connectivity index (χ0) is 11.3. The maximum atomic E-state index is 5.83. The number of hydrogen-bond acceptors (Lipinski definition) is 4. The number of aromatic nitrogens is 1. The van der Waals surface area contributed by atoms with Crippen molar-refractivity contribution >= 4 is 11.5 Å². The Kier molecular flexibility index (Phi) is 4.37. The predicted molar refractivity (Wildman–Crippen MR) is 65.0 cm³/mol. The first-order chi connectivity index (χ1) is 7.09. The third-order valence-corrected chi connectivity index (χ3v) is 2.13. The minimum absolute atomic E-state index is 0.722. The van der Waals surface area contributed by atoms with E-state index in [1.807, 2.05) is 19.2 Å². The molecule has 3 N–H and O–H groups in total. The van der Waals surface area contributed by atoms with E-state index in [2.05, 4.69) is 29.3 Å². The van der Waals surface area contributed by atoms with E-state index in [9.17, 15) is 0 Å². The molecule has 4 nitrogen and oxygen atoms in total. The Balaban J connectivity index is 2.37. The van der Waals surface area contributed by atoms with Crippen molar-refractivity contribution in [2.75, 3.05) is 38.2 Å². The summed E-state index contributed by atoms with van der Waals surface area (Å²) >= 11 is 0. The first kappa shape index (κ1) is 11.8. The zero-order valence-corrected chi connectivity index (χ0v) is 9.75. The lowest BCUT2D eigenvalue weighted by Gasteiger charge is -2.11. The van der Waals surface area contributed by atoms with Gasteiger partial charge in [0.15, 0.2) is 0 Å². The molecule has 1 heterocycles. The van der Waals surface area contributed by atoms with Gasteiger partial charge < -0.3 is 16.0 Å². The molecule has 1 aromatic rings. The second-order valence-corrected chi connectivity index (χ2v) is 4.03. The minimum atomic E-state index is 0.722. The molecule has 0 aliphatic carbocycles. The summed E-state index contributed by atoms with van der Waals surface area (Å²) in [6.45, 7) is 3.95. The predicted octanol–water partition coefficient (Wildman–Crippen LogP) is 1.34. The lowest BCUT2D eigenvalue weighted by molar-refractivity contribution is 0.405. The maximum absolute atomic E-state index is 5.83. The van der Waals surface area contributed by atoms with E-state index in [1.165, 1.54) is 0 Å². The normalized spacial score (nSPS) is 10.7. The molecule has 1 rings (SSSR count). The van der Waals surface area contributed by atoms with Crippen molar-refractivity contribution in [3.8, 4) is 0 Å². The smallest absolute Gasteiger partial charge is 0.149 e. The Labute approximate surface area is 91.5 Å². The summed E-state index contributed by atoms with van der Waals surface area (Å²) in [6, 6.07) is 1.93. The van der Waals surface area contributed by atoms with Gasteiger partial charge in [-0.3, -0.25) is 0 Å². The van der Waals surface area contributed by atoms with Crippen molar-refractivity contribution < 1.29 is 0 Å². The minimum Gasteiger partial charge on any atom is -0.396 e. The lowest BCUT2D eigenvalue weighted by atomic mass is 10.3. The van der Waals surface area contributed by atoms with Gasteiger partial charge in [-0.2, -0.15) is 0 Å². The number of hydrogen-bond donors (Lipinski definition) is 2. The topological polar surface area (TPSA) is 54.2 Å². The molecule has 0 bridgehead atoms. The van der Waals surface area contributed by atoms with Crippen LogP contribution in [0, 0.1) is 6.92 Å². The third kappa shape index (κ3) is 4.16. The summed E-state index contributed by atoms with van der Waals surface area (Å²) in [5, 5.41) is 3.23. The zero-order valence-electron chi connectivity index (χ0n) is 9.75. The summed E-state index contributed by atoms with van der Waals surface area (Å²) in [7, 11) is 4.14. The van der Waals surface area contributed by atoms with Gasteiger partial charge in [-0.05, 0) is 45.6 Å². The fourth-order valence-electron chi connectivity index (χ4n) is 1.34. The Hall–Kier alpha value is -1.29. The average Bonchev–Trinajstić information content (AvgIpc) is 2.14. The van der Waals surface area contributed by atoms with Crippen LogP contribution in [0.25, 0.3) is 0 Å². The van der Waals surface area contributed by atoms with Crippen LogP contribution in [0.3, 0.4) is 0 Å². The number of rotatable bonds is 5. The van der Waals surface area contributed by atoms with Crippen molar-refractivity contribution in [3.05, 3.63) is 17.8 Å². The van der Waals surface area contributed by atoms with Gasteiger partial charge in [0.2, 0.25) is 0 Å². The molecule has 0 aromatic carbocycles. The van der Waals surface area contributed by atoms with Gasteiger partial charge in [-0.1, -0.05) is 0 Å². The summed E-state index contributed by atoms with van der Waals surface area (Å²) < 4.78 is 0. The molecule has 0 aliphatic rings. The number of aryl methyl sites for hydroxylation is 1. The first-order valence-corrected chi connectivity index (χ1v) is 5.20. The highest BCUT2D eigenvalue weighted by atomic mass is 15.1. The fourth-order valence-corrected chi connectivity index (χ4v) is 1.34. The van der Waals surface area contributed by atoms with E-state index in [0.29, 0.717) is 0 Å². The van der Waals surface area contributed by atoms with Crippen molar-refractivity contribution in [2.45, 2.75) is 13.3 Å². The second kappa shape index (κ2) is 5.56. The number of nitrogens with zero attached hydrogens (tertiary/aromatic N) is 2. The molecule has 84 valence electrons. The molecule has 0 fully saturated rings. The number of nitrogen functional groups attached to an aromatic ring is 1. The van der Waals surface area contributed by atoms with Crippen LogP contribution in [-0.4, -0.2) is 37.1 Å². The van der Waals surface area contributed by atoms with Gasteiger partial charge in [0.05, 0.1) is 5.69 Å². The molecule has 0 unspecified atom stereocenters. The summed E-state index contributed by atoms with van der Waals surface area (Å²) in [5.74, 6) is 0.791. The SMILES string of the molecule is Cc1cnc(NCCCN(C)C)c(N)c1. The van der Waals surface area contributed by atoms with Crippen LogP contribution >= 0.6 is 0 Å². The Morgan fingerprint density at radius 3 is 2.80 bits per heavy atom. The monoisotopic (exact) mass is 208 g/mol. The molecule has 0 radical (unpaired) electrons. The standard InChI is InChI=1S/C11H20N4/c1-9-7-10(12)11(14-8-9)13-5-4-6-15(2)3/h7-8H,4-6,12H2,1-3H3,(H,13,14). The van der Waals surface area contributed by atoms with Crippen LogP contribution in [0.2, 0.25) is 0 Å². The van der Waals surface area contributed by atoms with E-state index in [0.717, 1.165) is 36.6 Å². The van der Waals surface area contributed by atoms with Crippen molar-refractivity contribution in [2.24, 2.45) is 0 Å². The average molecular weight is 208 g/mol. The Bertz CT molecular complexity index is 309. The van der Waals surface area contributed by atoms with Gasteiger partial charge in [0, 0.05) is 12.7 Å². The van der Waals surface area contributed by atoms with Crippen LogP contribution in [0.15, 0.2) is 12.3 Å². The first-order valence-electron chi connectivity index (χ1n) is 5.20. The van der Waals surface area contributed by atoms with Crippen LogP contribution < -0.4 is 11.1 Å². The molecule has 15 heavy (non-hydrogen) atoms. The third-order valence-electron chi connectivity index (χ3n) is 2.13. The number of pyridine rings is 1. The van der Waals surface area contributed by atoms with Gasteiger partial charge >= 0.3 is 0 Å². The van der Waals surface area contributed by atoms with Crippen molar-refractivity contribution in [1.82, 2.24) is 9.88 Å². The van der Waals surface area contributed by atoms with Gasteiger partial charge in [0.25, 0.3) is 0 Å². The Morgan fingerprint density at radius 2 is 2.20 bits per heavy atom. The molecule has 4 heteroatoms. The summed E-state index contributed by atoms with van der Waals surface area (Å²) in [5.41, 5.74) is 7.64. The van der Waals surface area contributed by atoms with Crippen molar-refractivity contribution in [3.63, 3.8) is 0 Å². The fraction of sp³-hybridized carbons (Fsp3) is 0.545. The molecule has 0 saturated heterocycles. The molecule has 0 atom stereocenters. The van der Waals surface area contributed by atoms with E-state index in [-0.39, 0.29) is 0 Å². The van der Waals surface area contributed by atoms with E-state index >= 15 is 0 Å². The van der Waals surface area contributed by atoms with Crippen LogP contribution in [0.1, 0.15) is 12.0 Å². The van der Waals surface area contributed by atoms with Crippen LogP contribution in [0.4, 0.5) is 11.5 Å². The molecule has 0 saturated carbocycles. The maximum Gasteiger partial charge on any atom is 0.149 e. The largest absolute Gasteiger partial charge is 0.396 e. The molecular formula is C11H20N4. The van der Waals surface area contributed by atoms with E-state index in [1.54, 1.807) is 0 Å². The molecular weight excluding hydrogens is 188 g/mol. The number of nitrogens with two attached hydrogens (primary N) is 1. The van der Waals surface area contributed by atoms with Gasteiger partial charge in [-0.15, -0.1) is 0 Å². The number of anilines is 2. The number of nitrogens with one attached hydrogen (secondary N) is 1. The highest BCUT2D eigenvalue weighted by Gasteiger charge is 1.99. The molecule has 0 amide bonds. The van der Waals surface area contributed by atoms with E-state index < -0.39 is 0 Å². The van der Waals surface area contributed by atoms with Crippen molar-refractivity contribution in [1.29, 1.82) is 0 Å². The lowest BCUT2D eigenvalue weighted by Crippen LogP contribution is -2.17. The van der Waals surface area contributed by atoms with Gasteiger partial charge in [-0.25, -0.2) is 4.98 Å². The van der Waals surface area contributed by atoms with Crippen LogP contribution in [0.5, 0.6) is 0 Å². The molecule has 0 spiro atoms. The van der Waals surface area contributed by atoms with Crippen LogP contribution in [-0.2, 0) is 0 Å². The highest BCUT2D eigenvalue weighted by molar-refractivity contribution is 5.61. The molecule has 1 aromatic heterocycles. The quantitative estimate of drug-likeness (QED) is 0.717. The van der Waals surface area contributed by atoms with E-state index in [4.69, 9.17) is 5.73 Å². The highest BCUT2D eigenvalue weighted by Crippen LogP contribution is 2.15.